The fourth-order valence-electron chi connectivity index (χ4n) is 3.46. The maximum absolute atomic E-state index is 12.4. The molecular weight excluding hydrogens is 298 g/mol. The highest BCUT2D eigenvalue weighted by atomic mass is 16.1. The summed E-state index contributed by atoms with van der Waals surface area (Å²) in [4.78, 5) is 20.5. The van der Waals surface area contributed by atoms with Gasteiger partial charge in [-0.3, -0.25) is 4.79 Å². The lowest BCUT2D eigenvalue weighted by atomic mass is 9.83. The third kappa shape index (κ3) is 2.68. The number of ketones is 1. The van der Waals surface area contributed by atoms with Gasteiger partial charge in [0.15, 0.2) is 5.78 Å². The van der Waals surface area contributed by atoms with Crippen molar-refractivity contribution in [1.82, 2.24) is 15.3 Å². The average Bonchev–Trinajstić information content (AvgIpc) is 2.96. The number of hydrogen-bond acceptors (Lipinski definition) is 3. The van der Waals surface area contributed by atoms with Gasteiger partial charge in [-0.25, -0.2) is 4.98 Å². The van der Waals surface area contributed by atoms with E-state index in [9.17, 15) is 4.79 Å². The molecule has 0 fully saturated rings. The van der Waals surface area contributed by atoms with Gasteiger partial charge < -0.3 is 10.3 Å². The molecule has 0 saturated carbocycles. The van der Waals surface area contributed by atoms with E-state index < -0.39 is 0 Å². The molecule has 0 amide bonds. The summed E-state index contributed by atoms with van der Waals surface area (Å²) in [5.41, 5.74) is 4.81. The first-order valence-electron chi connectivity index (χ1n) is 8.39. The Hall–Kier alpha value is -2.62. The van der Waals surface area contributed by atoms with Crippen LogP contribution in [0.3, 0.4) is 0 Å². The van der Waals surface area contributed by atoms with Crippen LogP contribution in [0.1, 0.15) is 49.5 Å². The molecule has 0 saturated heterocycles. The van der Waals surface area contributed by atoms with Gasteiger partial charge in [0.2, 0.25) is 0 Å². The zero-order valence-corrected chi connectivity index (χ0v) is 14.0. The smallest absolute Gasteiger partial charge is 0.163 e. The van der Waals surface area contributed by atoms with Gasteiger partial charge in [0.25, 0.3) is 0 Å². The molecule has 24 heavy (non-hydrogen) atoms. The van der Waals surface area contributed by atoms with Crippen molar-refractivity contribution in [3.63, 3.8) is 0 Å². The summed E-state index contributed by atoms with van der Waals surface area (Å²) in [5.74, 6) is 1.09. The molecule has 0 unspecified atom stereocenters. The highest BCUT2D eigenvalue weighted by Crippen LogP contribution is 2.35. The Balaban J connectivity index is 1.68. The molecule has 0 radical (unpaired) electrons. The zero-order chi connectivity index (χ0) is 16.7. The minimum absolute atomic E-state index is 0.213. The number of aromatic amines is 1. The number of allylic oxidation sites excluding steroid dienone is 1. The van der Waals surface area contributed by atoms with E-state index in [-0.39, 0.29) is 11.3 Å². The third-order valence-corrected chi connectivity index (χ3v) is 4.60. The van der Waals surface area contributed by atoms with Crippen LogP contribution in [0.5, 0.6) is 0 Å². The number of aromatic nitrogens is 2. The second-order valence-corrected chi connectivity index (χ2v) is 7.15. The summed E-state index contributed by atoms with van der Waals surface area (Å²) in [5, 5.41) is 3.53. The largest absolute Gasteiger partial charge is 0.378 e. The van der Waals surface area contributed by atoms with Crippen LogP contribution in [0.15, 0.2) is 35.9 Å². The first-order valence-corrected chi connectivity index (χ1v) is 8.39. The van der Waals surface area contributed by atoms with E-state index in [1.54, 1.807) is 0 Å². The summed E-state index contributed by atoms with van der Waals surface area (Å²) < 4.78 is 0. The van der Waals surface area contributed by atoms with Gasteiger partial charge in [-0.1, -0.05) is 36.4 Å². The van der Waals surface area contributed by atoms with Crippen LogP contribution in [-0.4, -0.2) is 21.3 Å². The highest BCUT2D eigenvalue weighted by molar-refractivity contribution is 6.05. The average molecular weight is 319 g/mol. The topological polar surface area (TPSA) is 57.8 Å². The second kappa shape index (κ2) is 5.48. The van der Waals surface area contributed by atoms with Crippen molar-refractivity contribution in [2.24, 2.45) is 0 Å². The number of nitrogens with zero attached hydrogens (tertiary/aromatic N) is 1. The summed E-state index contributed by atoms with van der Waals surface area (Å²) in [6.45, 7) is 4.13. The van der Waals surface area contributed by atoms with Gasteiger partial charge in [0.05, 0.1) is 17.1 Å². The molecule has 1 aliphatic carbocycles. The van der Waals surface area contributed by atoms with E-state index in [2.05, 4.69) is 36.3 Å². The van der Waals surface area contributed by atoms with Crippen molar-refractivity contribution in [3.05, 3.63) is 58.7 Å². The first kappa shape index (κ1) is 14.9. The van der Waals surface area contributed by atoms with Crippen LogP contribution in [-0.2, 0) is 11.2 Å². The number of fused-ring (bicyclic) bond motifs is 2. The number of imidazole rings is 1. The van der Waals surface area contributed by atoms with Crippen LogP contribution in [0.4, 0.5) is 0 Å². The standard InChI is InChI=1S/C20H21N3O/c1-20(2)12-16(24)14-9-10-15-19(18(14)23-20)22-17(21-15)11-8-13-6-4-3-5-7-13/h3-8,11,23H,9-10,12H2,1-2H3,(H,21,22). The van der Waals surface area contributed by atoms with Gasteiger partial charge in [-0.2, -0.15) is 0 Å². The van der Waals surface area contributed by atoms with Gasteiger partial charge >= 0.3 is 0 Å². The Morgan fingerprint density at radius 1 is 1.12 bits per heavy atom. The molecule has 0 bridgehead atoms. The summed E-state index contributed by atoms with van der Waals surface area (Å²) in [6.07, 6.45) is 6.18. The Kier molecular flexibility index (Phi) is 3.41. The molecule has 4 heteroatoms. The number of Topliss-reactive ketones (excluding diaryl/α,β-unsaturated/α-hetero) is 1. The van der Waals surface area contributed by atoms with Crippen molar-refractivity contribution in [2.45, 2.75) is 38.6 Å². The number of hydrogen-bond donors (Lipinski definition) is 2. The summed E-state index contributed by atoms with van der Waals surface area (Å²) in [7, 11) is 0. The lowest BCUT2D eigenvalue weighted by Crippen LogP contribution is -2.45. The predicted molar refractivity (Wildman–Crippen MR) is 96.0 cm³/mol. The molecule has 1 aromatic carbocycles. The lowest BCUT2D eigenvalue weighted by Gasteiger charge is -2.36. The highest BCUT2D eigenvalue weighted by Gasteiger charge is 2.36. The minimum atomic E-state index is -0.213. The van der Waals surface area contributed by atoms with E-state index in [1.165, 1.54) is 0 Å². The number of carbonyl (C=O) groups excluding carboxylic acids is 1. The molecule has 4 nitrogen and oxygen atoms in total. The fourth-order valence-corrected chi connectivity index (χ4v) is 3.46. The molecule has 1 aliphatic heterocycles. The van der Waals surface area contributed by atoms with Crippen molar-refractivity contribution < 1.29 is 4.79 Å². The number of rotatable bonds is 2. The normalized spacial score (nSPS) is 19.2. The number of aryl methyl sites for hydroxylation is 1. The van der Waals surface area contributed by atoms with E-state index in [1.807, 2.05) is 30.4 Å². The maximum Gasteiger partial charge on any atom is 0.163 e. The lowest BCUT2D eigenvalue weighted by molar-refractivity contribution is -0.117. The molecule has 4 rings (SSSR count). The number of nitrogens with one attached hydrogen (secondary N) is 2. The minimum Gasteiger partial charge on any atom is -0.378 e. The number of H-pyrrole nitrogens is 1. The molecule has 2 N–H and O–H groups in total. The Morgan fingerprint density at radius 2 is 1.92 bits per heavy atom. The SMILES string of the molecule is CC1(C)CC(=O)C2=C(N1)c1[nH]c(C=Cc3ccccc3)nc1CC2. The van der Waals surface area contributed by atoms with Crippen LogP contribution >= 0.6 is 0 Å². The number of benzene rings is 1. The Bertz CT molecular complexity index is 856. The fraction of sp³-hybridized carbons (Fsp3) is 0.300. The van der Waals surface area contributed by atoms with Crippen molar-refractivity contribution in [3.8, 4) is 0 Å². The van der Waals surface area contributed by atoms with Crippen LogP contribution in [0, 0.1) is 0 Å². The monoisotopic (exact) mass is 319 g/mol. The quantitative estimate of drug-likeness (QED) is 0.889. The molecule has 1 aromatic heterocycles. The van der Waals surface area contributed by atoms with Crippen molar-refractivity contribution in [1.29, 1.82) is 0 Å². The van der Waals surface area contributed by atoms with E-state index in [0.717, 1.165) is 46.9 Å². The van der Waals surface area contributed by atoms with Gasteiger partial charge in [0, 0.05) is 17.5 Å². The molecule has 2 aliphatic rings. The molecule has 2 aromatic rings. The zero-order valence-electron chi connectivity index (χ0n) is 14.0. The molecule has 0 atom stereocenters. The van der Waals surface area contributed by atoms with Gasteiger partial charge in [0.1, 0.15) is 5.82 Å². The van der Waals surface area contributed by atoms with Crippen molar-refractivity contribution >= 4 is 23.6 Å². The Labute approximate surface area is 141 Å². The molecule has 2 heterocycles. The molecular formula is C20H21N3O. The van der Waals surface area contributed by atoms with Crippen LogP contribution in [0.25, 0.3) is 17.8 Å². The van der Waals surface area contributed by atoms with E-state index in [4.69, 9.17) is 4.98 Å². The third-order valence-electron chi connectivity index (χ3n) is 4.60. The van der Waals surface area contributed by atoms with Crippen LogP contribution < -0.4 is 5.32 Å². The number of carbonyl (C=O) groups is 1. The van der Waals surface area contributed by atoms with Crippen LogP contribution in [0.2, 0.25) is 0 Å². The predicted octanol–water partition coefficient (Wildman–Crippen LogP) is 3.58. The maximum atomic E-state index is 12.4. The van der Waals surface area contributed by atoms with Gasteiger partial charge in [-0.05, 0) is 38.3 Å². The first-order chi connectivity index (χ1) is 11.5. The summed E-state index contributed by atoms with van der Waals surface area (Å²) >= 11 is 0. The summed E-state index contributed by atoms with van der Waals surface area (Å²) in [6, 6.07) is 10.2. The molecule has 122 valence electrons. The van der Waals surface area contributed by atoms with E-state index >= 15 is 0 Å². The van der Waals surface area contributed by atoms with Crippen molar-refractivity contribution in [2.75, 3.05) is 0 Å². The second-order valence-electron chi connectivity index (χ2n) is 7.15. The van der Waals surface area contributed by atoms with Gasteiger partial charge in [-0.15, -0.1) is 0 Å². The molecule has 0 spiro atoms. The Morgan fingerprint density at radius 3 is 2.71 bits per heavy atom. The van der Waals surface area contributed by atoms with E-state index in [0.29, 0.717) is 6.42 Å².